The van der Waals surface area contributed by atoms with Crippen molar-refractivity contribution in [2.75, 3.05) is 11.9 Å². The van der Waals surface area contributed by atoms with Gasteiger partial charge in [-0.2, -0.15) is 0 Å². The van der Waals surface area contributed by atoms with Crippen LogP contribution in [0.15, 0.2) is 36.4 Å². The van der Waals surface area contributed by atoms with Crippen molar-refractivity contribution in [1.29, 1.82) is 0 Å². The highest BCUT2D eigenvalue weighted by Gasteiger charge is 2.19. The third kappa shape index (κ3) is 4.64. The molecule has 1 N–H and O–H groups in total. The van der Waals surface area contributed by atoms with Crippen LogP contribution in [0.25, 0.3) is 0 Å². The number of hydrogen-bond acceptors (Lipinski definition) is 6. The van der Waals surface area contributed by atoms with E-state index in [9.17, 15) is 25.0 Å². The fourth-order valence-corrected chi connectivity index (χ4v) is 2.15. The number of carbonyl (C=O) groups is 1. The van der Waals surface area contributed by atoms with E-state index in [-0.39, 0.29) is 27.8 Å². The number of amides is 1. The normalized spacial score (nSPS) is 10.2. The van der Waals surface area contributed by atoms with Crippen molar-refractivity contribution in [2.45, 2.75) is 6.92 Å². The molecule has 0 radical (unpaired) electrons. The summed E-state index contributed by atoms with van der Waals surface area (Å²) in [4.78, 5) is 32.6. The lowest BCUT2D eigenvalue weighted by Gasteiger charge is -2.09. The van der Waals surface area contributed by atoms with Gasteiger partial charge in [-0.3, -0.25) is 25.0 Å². The van der Waals surface area contributed by atoms with Gasteiger partial charge in [-0.25, -0.2) is 0 Å². The van der Waals surface area contributed by atoms with Crippen LogP contribution in [-0.4, -0.2) is 22.4 Å². The Hall–Kier alpha value is -3.20. The molecular formula is C15H12ClN3O6. The van der Waals surface area contributed by atoms with Crippen LogP contribution in [0, 0.1) is 27.2 Å². The number of hydrogen-bond donors (Lipinski definition) is 1. The number of halogens is 1. The van der Waals surface area contributed by atoms with E-state index in [1.54, 1.807) is 13.0 Å². The summed E-state index contributed by atoms with van der Waals surface area (Å²) < 4.78 is 5.16. The molecule has 1 amide bonds. The van der Waals surface area contributed by atoms with Gasteiger partial charge in [-0.15, -0.1) is 0 Å². The lowest BCUT2D eigenvalue weighted by molar-refractivity contribution is -0.385. The van der Waals surface area contributed by atoms with Crippen LogP contribution in [0.4, 0.5) is 17.1 Å². The summed E-state index contributed by atoms with van der Waals surface area (Å²) in [6, 6.07) is 8.07. The SMILES string of the molecule is Cc1ccc(OCC(=O)Nc2ccc(Cl)cc2[N+](=O)[O-])c([N+](=O)[O-])c1. The van der Waals surface area contributed by atoms with Crippen molar-refractivity contribution in [1.82, 2.24) is 0 Å². The average molecular weight is 366 g/mol. The number of ether oxygens (including phenoxy) is 1. The summed E-state index contributed by atoms with van der Waals surface area (Å²) in [6.45, 7) is 1.13. The van der Waals surface area contributed by atoms with Crippen LogP contribution >= 0.6 is 11.6 Å². The first-order valence-electron chi connectivity index (χ1n) is 6.89. The Labute approximate surface area is 146 Å². The van der Waals surface area contributed by atoms with Crippen LogP contribution in [0.1, 0.15) is 5.56 Å². The van der Waals surface area contributed by atoms with Crippen LogP contribution in [0.2, 0.25) is 5.02 Å². The standard InChI is InChI=1S/C15H12ClN3O6/c1-9-2-5-14(13(6-9)19(23)24)25-8-15(20)17-11-4-3-10(16)7-12(11)18(21)22/h2-7H,8H2,1H3,(H,17,20). The van der Waals surface area contributed by atoms with Crippen molar-refractivity contribution in [3.05, 3.63) is 67.2 Å². The van der Waals surface area contributed by atoms with Gasteiger partial charge in [0, 0.05) is 17.2 Å². The molecule has 0 aromatic heterocycles. The first-order valence-corrected chi connectivity index (χ1v) is 7.27. The molecule has 0 aliphatic carbocycles. The molecule has 0 saturated carbocycles. The molecule has 2 aromatic carbocycles. The van der Waals surface area contributed by atoms with Crippen molar-refractivity contribution in [3.8, 4) is 5.75 Å². The molecule has 130 valence electrons. The van der Waals surface area contributed by atoms with E-state index in [0.29, 0.717) is 5.56 Å². The predicted octanol–water partition coefficient (Wildman–Crippen LogP) is 3.48. The van der Waals surface area contributed by atoms with Crippen molar-refractivity contribution in [2.24, 2.45) is 0 Å². The molecule has 0 fully saturated rings. The van der Waals surface area contributed by atoms with Crippen LogP contribution in [-0.2, 0) is 4.79 Å². The number of nitrogens with zero attached hydrogens (tertiary/aromatic N) is 2. The molecule has 0 spiro atoms. The van der Waals surface area contributed by atoms with Gasteiger partial charge in [-0.1, -0.05) is 17.7 Å². The second-order valence-electron chi connectivity index (χ2n) is 4.98. The van der Waals surface area contributed by atoms with Gasteiger partial charge in [0.05, 0.1) is 9.85 Å². The second-order valence-corrected chi connectivity index (χ2v) is 5.42. The molecule has 0 atom stereocenters. The van der Waals surface area contributed by atoms with E-state index >= 15 is 0 Å². The Morgan fingerprint density at radius 2 is 1.80 bits per heavy atom. The predicted molar refractivity (Wildman–Crippen MR) is 90.1 cm³/mol. The lowest BCUT2D eigenvalue weighted by Crippen LogP contribution is -2.21. The minimum absolute atomic E-state index is 0.0543. The Morgan fingerprint density at radius 1 is 1.12 bits per heavy atom. The summed E-state index contributed by atoms with van der Waals surface area (Å²) >= 11 is 5.69. The summed E-state index contributed by atoms with van der Waals surface area (Å²) in [5, 5.41) is 24.4. The smallest absolute Gasteiger partial charge is 0.311 e. The van der Waals surface area contributed by atoms with Gasteiger partial charge in [0.15, 0.2) is 12.4 Å². The van der Waals surface area contributed by atoms with Crippen LogP contribution in [0.3, 0.4) is 0 Å². The van der Waals surface area contributed by atoms with Crippen molar-refractivity contribution >= 4 is 34.6 Å². The van der Waals surface area contributed by atoms with Gasteiger partial charge < -0.3 is 10.1 Å². The van der Waals surface area contributed by atoms with E-state index < -0.39 is 22.4 Å². The number of nitro groups is 2. The van der Waals surface area contributed by atoms with Crippen LogP contribution in [0.5, 0.6) is 5.75 Å². The van der Waals surface area contributed by atoms with Gasteiger partial charge in [0.2, 0.25) is 0 Å². The zero-order chi connectivity index (χ0) is 18.6. The number of nitro benzene ring substituents is 2. The largest absolute Gasteiger partial charge is 0.477 e. The first-order chi connectivity index (χ1) is 11.8. The number of anilines is 1. The third-order valence-corrected chi connectivity index (χ3v) is 3.34. The van der Waals surface area contributed by atoms with Crippen LogP contribution < -0.4 is 10.1 Å². The highest BCUT2D eigenvalue weighted by atomic mass is 35.5. The van der Waals surface area contributed by atoms with Crippen molar-refractivity contribution in [3.63, 3.8) is 0 Å². The lowest BCUT2D eigenvalue weighted by atomic mass is 10.2. The summed E-state index contributed by atoms with van der Waals surface area (Å²) in [7, 11) is 0. The van der Waals surface area contributed by atoms with E-state index in [1.807, 2.05) is 0 Å². The number of benzene rings is 2. The molecule has 0 aliphatic heterocycles. The Kier molecular flexibility index (Phi) is 5.50. The van der Waals surface area contributed by atoms with E-state index in [4.69, 9.17) is 16.3 Å². The minimum Gasteiger partial charge on any atom is -0.477 e. The van der Waals surface area contributed by atoms with Gasteiger partial charge in [0.25, 0.3) is 11.6 Å². The van der Waals surface area contributed by atoms with Gasteiger partial charge >= 0.3 is 5.69 Å². The highest BCUT2D eigenvalue weighted by molar-refractivity contribution is 6.31. The maximum atomic E-state index is 11.9. The molecule has 0 saturated heterocycles. The number of nitrogens with one attached hydrogen (secondary N) is 1. The molecule has 10 heteroatoms. The first kappa shape index (κ1) is 18.1. The van der Waals surface area contributed by atoms with Crippen molar-refractivity contribution < 1.29 is 19.4 Å². The summed E-state index contributed by atoms with van der Waals surface area (Å²) in [5.74, 6) is -0.781. The fourth-order valence-electron chi connectivity index (χ4n) is 1.98. The molecule has 25 heavy (non-hydrogen) atoms. The highest BCUT2D eigenvalue weighted by Crippen LogP contribution is 2.29. The molecule has 0 bridgehead atoms. The fraction of sp³-hybridized carbons (Fsp3) is 0.133. The average Bonchev–Trinajstić information content (AvgIpc) is 2.55. The molecule has 0 unspecified atom stereocenters. The quantitative estimate of drug-likeness (QED) is 0.617. The Bertz CT molecular complexity index is 855. The zero-order valence-electron chi connectivity index (χ0n) is 12.9. The molecule has 9 nitrogen and oxygen atoms in total. The molecule has 0 aliphatic rings. The maximum absolute atomic E-state index is 11.9. The monoisotopic (exact) mass is 365 g/mol. The summed E-state index contributed by atoms with van der Waals surface area (Å²) in [6.07, 6.45) is 0. The Balaban J connectivity index is 2.10. The van der Waals surface area contributed by atoms with E-state index in [1.165, 1.54) is 24.3 Å². The van der Waals surface area contributed by atoms with Gasteiger partial charge in [-0.05, 0) is 30.7 Å². The molecule has 2 rings (SSSR count). The number of aryl methyl sites for hydroxylation is 1. The van der Waals surface area contributed by atoms with E-state index in [0.717, 1.165) is 6.07 Å². The maximum Gasteiger partial charge on any atom is 0.311 e. The minimum atomic E-state index is -0.708. The zero-order valence-corrected chi connectivity index (χ0v) is 13.6. The Morgan fingerprint density at radius 3 is 2.44 bits per heavy atom. The summed E-state index contributed by atoms with van der Waals surface area (Å²) in [5.41, 5.74) is -0.0332. The number of rotatable bonds is 6. The second kappa shape index (κ2) is 7.58. The number of carbonyl (C=O) groups excluding carboxylic acids is 1. The topological polar surface area (TPSA) is 125 Å². The third-order valence-electron chi connectivity index (χ3n) is 3.10. The van der Waals surface area contributed by atoms with Gasteiger partial charge in [0.1, 0.15) is 5.69 Å². The molecule has 2 aromatic rings. The molecule has 0 heterocycles. The molecular weight excluding hydrogens is 354 g/mol. The van der Waals surface area contributed by atoms with E-state index in [2.05, 4.69) is 5.32 Å².